The topological polar surface area (TPSA) is 68.9 Å². The summed E-state index contributed by atoms with van der Waals surface area (Å²) in [7, 11) is 0. The molecule has 0 aliphatic carbocycles. The van der Waals surface area contributed by atoms with Crippen molar-refractivity contribution in [3.8, 4) is 0 Å². The summed E-state index contributed by atoms with van der Waals surface area (Å²) in [4.78, 5) is 9.31. The Morgan fingerprint density at radius 2 is 2.18 bits per heavy atom. The Morgan fingerprint density at radius 3 is 2.45 bits per heavy atom. The highest BCUT2D eigenvalue weighted by Gasteiger charge is 2.02. The first-order valence-electron chi connectivity index (χ1n) is 3.23. The van der Waals surface area contributed by atoms with Crippen LogP contribution in [0.3, 0.4) is 0 Å². The molecule has 0 aliphatic heterocycles. The molecule has 1 aromatic heterocycles. The number of aromatic nitrogens is 2. The van der Waals surface area contributed by atoms with Crippen LogP contribution in [0.25, 0.3) is 0 Å². The van der Waals surface area contributed by atoms with Gasteiger partial charge in [-0.05, 0) is 16.1 Å². The van der Waals surface area contributed by atoms with E-state index in [1.54, 1.807) is 0 Å². The van der Waals surface area contributed by atoms with Crippen molar-refractivity contribution in [1.82, 2.24) is 10.2 Å². The Labute approximate surface area is 64.2 Å². The number of nitrogens with zero attached hydrogens (tertiary/aromatic N) is 3. The second kappa shape index (κ2) is 5.28. The zero-order chi connectivity index (χ0) is 8.69. The van der Waals surface area contributed by atoms with Gasteiger partial charge in [0.2, 0.25) is 0 Å². The van der Waals surface area contributed by atoms with Gasteiger partial charge >= 0.3 is 5.82 Å². The fraction of sp³-hybridized carbons (Fsp3) is 0.333. The van der Waals surface area contributed by atoms with Crippen LogP contribution < -0.4 is 0 Å². The maximum atomic E-state index is 9.90. The molecular formula is C6H9N3O2. The molecule has 0 saturated carbocycles. The summed E-state index contributed by atoms with van der Waals surface area (Å²) < 4.78 is 0. The summed E-state index contributed by atoms with van der Waals surface area (Å²) in [6, 6.07) is 2.75. The smallest absolute Gasteiger partial charge is 0.358 e. The molecule has 1 heterocycles. The van der Waals surface area contributed by atoms with E-state index in [0.29, 0.717) is 0 Å². The van der Waals surface area contributed by atoms with E-state index in [4.69, 9.17) is 0 Å². The second-order valence-corrected chi connectivity index (χ2v) is 1.34. The lowest BCUT2D eigenvalue weighted by Crippen LogP contribution is -1.91. The number of nitro groups is 1. The molecule has 0 saturated heterocycles. The van der Waals surface area contributed by atoms with Crippen molar-refractivity contribution in [2.75, 3.05) is 0 Å². The van der Waals surface area contributed by atoms with Gasteiger partial charge in [0.25, 0.3) is 0 Å². The molecule has 0 aromatic carbocycles. The Hall–Kier alpha value is -1.52. The highest BCUT2D eigenvalue weighted by molar-refractivity contribution is 5.12. The molecule has 0 aliphatic rings. The molecule has 0 unspecified atom stereocenters. The lowest BCUT2D eigenvalue weighted by Gasteiger charge is -1.85. The molecule has 5 heteroatoms. The first kappa shape index (κ1) is 9.48. The van der Waals surface area contributed by atoms with Crippen LogP contribution in [0.1, 0.15) is 13.8 Å². The third kappa shape index (κ3) is 3.24. The molecule has 60 valence electrons. The van der Waals surface area contributed by atoms with Gasteiger partial charge in [-0.25, -0.2) is 0 Å². The van der Waals surface area contributed by atoms with Crippen LogP contribution in [0.2, 0.25) is 0 Å². The van der Waals surface area contributed by atoms with Gasteiger partial charge in [-0.1, -0.05) is 13.8 Å². The lowest BCUT2D eigenvalue weighted by atomic mass is 10.5. The fourth-order valence-corrected chi connectivity index (χ4v) is 0.391. The van der Waals surface area contributed by atoms with Crippen molar-refractivity contribution in [3.05, 3.63) is 28.4 Å². The highest BCUT2D eigenvalue weighted by atomic mass is 16.6. The van der Waals surface area contributed by atoms with Crippen LogP contribution >= 0.6 is 0 Å². The van der Waals surface area contributed by atoms with Crippen LogP contribution in [0.15, 0.2) is 18.3 Å². The quantitative estimate of drug-likeness (QED) is 0.454. The number of hydrogen-bond acceptors (Lipinski definition) is 4. The molecule has 0 atom stereocenters. The van der Waals surface area contributed by atoms with Crippen LogP contribution in [-0.4, -0.2) is 15.1 Å². The predicted molar refractivity (Wildman–Crippen MR) is 40.0 cm³/mol. The average molecular weight is 155 g/mol. The van der Waals surface area contributed by atoms with Gasteiger partial charge in [-0.2, -0.15) is 0 Å². The van der Waals surface area contributed by atoms with Crippen LogP contribution in [0, 0.1) is 10.1 Å². The van der Waals surface area contributed by atoms with Gasteiger partial charge in [0.15, 0.2) is 0 Å². The van der Waals surface area contributed by atoms with Crippen LogP contribution in [-0.2, 0) is 0 Å². The average Bonchev–Trinajstić information content (AvgIpc) is 2.10. The minimum absolute atomic E-state index is 0.225. The molecule has 1 rings (SSSR count). The van der Waals surface area contributed by atoms with E-state index < -0.39 is 4.92 Å². The lowest BCUT2D eigenvalue weighted by molar-refractivity contribution is -0.390. The molecule has 0 radical (unpaired) electrons. The summed E-state index contributed by atoms with van der Waals surface area (Å²) in [6.45, 7) is 4.00. The molecule has 0 amide bonds. The third-order valence-electron chi connectivity index (χ3n) is 0.745. The van der Waals surface area contributed by atoms with E-state index in [0.717, 1.165) is 0 Å². The summed E-state index contributed by atoms with van der Waals surface area (Å²) >= 11 is 0. The van der Waals surface area contributed by atoms with E-state index in [1.165, 1.54) is 18.3 Å². The Balaban J connectivity index is 0.000000461. The van der Waals surface area contributed by atoms with E-state index in [9.17, 15) is 10.1 Å². The Bertz CT molecular complexity index is 212. The van der Waals surface area contributed by atoms with E-state index in [1.807, 2.05) is 13.8 Å². The van der Waals surface area contributed by atoms with E-state index in [2.05, 4.69) is 10.2 Å². The highest BCUT2D eigenvalue weighted by Crippen LogP contribution is 1.99. The van der Waals surface area contributed by atoms with Crippen LogP contribution in [0.4, 0.5) is 5.82 Å². The van der Waals surface area contributed by atoms with Gasteiger partial charge in [-0.15, -0.1) is 0 Å². The van der Waals surface area contributed by atoms with Gasteiger partial charge < -0.3 is 10.1 Å². The van der Waals surface area contributed by atoms with Gasteiger partial charge in [0, 0.05) is 6.07 Å². The van der Waals surface area contributed by atoms with Crippen molar-refractivity contribution in [1.29, 1.82) is 0 Å². The van der Waals surface area contributed by atoms with Gasteiger partial charge in [0.1, 0.15) is 0 Å². The standard InChI is InChI=1S/C4H3N3O2.C2H6/c8-7(9)4-2-1-3-5-6-4;1-2/h1-3H;1-2H3. The molecule has 0 spiro atoms. The number of hydrogen-bond donors (Lipinski definition) is 0. The minimum Gasteiger partial charge on any atom is -0.358 e. The third-order valence-corrected chi connectivity index (χ3v) is 0.745. The first-order valence-corrected chi connectivity index (χ1v) is 3.23. The SMILES string of the molecule is CC.O=[N+]([O-])c1cccnn1. The van der Waals surface area contributed by atoms with Crippen molar-refractivity contribution in [3.63, 3.8) is 0 Å². The monoisotopic (exact) mass is 155 g/mol. The predicted octanol–water partition coefficient (Wildman–Crippen LogP) is 1.41. The Kier molecular flexibility index (Phi) is 4.55. The second-order valence-electron chi connectivity index (χ2n) is 1.34. The number of rotatable bonds is 1. The largest absolute Gasteiger partial charge is 0.390 e. The van der Waals surface area contributed by atoms with Gasteiger partial charge in [-0.3, -0.25) is 0 Å². The zero-order valence-corrected chi connectivity index (χ0v) is 6.39. The first-order chi connectivity index (χ1) is 5.30. The zero-order valence-electron chi connectivity index (χ0n) is 6.39. The fourth-order valence-electron chi connectivity index (χ4n) is 0.391. The van der Waals surface area contributed by atoms with Crippen molar-refractivity contribution in [2.45, 2.75) is 13.8 Å². The maximum absolute atomic E-state index is 9.90. The van der Waals surface area contributed by atoms with Crippen molar-refractivity contribution < 1.29 is 4.92 Å². The molecule has 0 bridgehead atoms. The molecule has 0 fully saturated rings. The summed E-state index contributed by atoms with van der Waals surface area (Å²) in [5.41, 5.74) is 0. The van der Waals surface area contributed by atoms with Crippen molar-refractivity contribution in [2.24, 2.45) is 0 Å². The van der Waals surface area contributed by atoms with Crippen molar-refractivity contribution >= 4 is 5.82 Å². The molecular weight excluding hydrogens is 146 g/mol. The normalized spacial score (nSPS) is 7.82. The molecule has 0 N–H and O–H groups in total. The van der Waals surface area contributed by atoms with E-state index in [-0.39, 0.29) is 5.82 Å². The summed E-state index contributed by atoms with van der Waals surface area (Å²) in [5.74, 6) is -0.225. The molecule has 5 nitrogen and oxygen atoms in total. The summed E-state index contributed by atoms with van der Waals surface area (Å²) in [5, 5.41) is 16.4. The Morgan fingerprint density at radius 1 is 1.55 bits per heavy atom. The van der Waals surface area contributed by atoms with Gasteiger partial charge in [0.05, 0.1) is 11.3 Å². The minimum atomic E-state index is -0.590. The molecule has 1 aromatic rings. The van der Waals surface area contributed by atoms with Crippen LogP contribution in [0.5, 0.6) is 0 Å². The molecule has 11 heavy (non-hydrogen) atoms. The summed E-state index contributed by atoms with van der Waals surface area (Å²) in [6.07, 6.45) is 1.38. The maximum Gasteiger partial charge on any atom is 0.390 e. The van der Waals surface area contributed by atoms with E-state index >= 15 is 0 Å².